The van der Waals surface area contributed by atoms with Crippen LogP contribution in [-0.4, -0.2) is 6.61 Å². The number of benzene rings is 1. The minimum atomic E-state index is 0.730. The number of hydrogen-bond donors (Lipinski definition) is 1. The fourth-order valence-electron chi connectivity index (χ4n) is 2.21. The predicted molar refractivity (Wildman–Crippen MR) is 72.6 cm³/mol. The van der Waals surface area contributed by atoms with Crippen molar-refractivity contribution in [2.75, 3.05) is 6.61 Å². The minimum absolute atomic E-state index is 0.730. The van der Waals surface area contributed by atoms with Crippen molar-refractivity contribution >= 4 is 15.9 Å². The van der Waals surface area contributed by atoms with Gasteiger partial charge in [0.1, 0.15) is 11.5 Å². The van der Waals surface area contributed by atoms with E-state index in [1.807, 2.05) is 12.1 Å². The van der Waals surface area contributed by atoms with Crippen molar-refractivity contribution in [1.82, 2.24) is 5.32 Å². The Balaban J connectivity index is 1.69. The van der Waals surface area contributed by atoms with Gasteiger partial charge in [0.05, 0.1) is 19.4 Å². The van der Waals surface area contributed by atoms with E-state index < -0.39 is 0 Å². The van der Waals surface area contributed by atoms with Crippen LogP contribution in [0.2, 0.25) is 0 Å². The SMILES string of the molecule is Brc1cc2c(c(CNCc3ccco3)c1)OCC2. The molecule has 0 saturated carbocycles. The van der Waals surface area contributed by atoms with Crippen LogP contribution in [0.1, 0.15) is 16.9 Å². The Labute approximate surface area is 114 Å². The van der Waals surface area contributed by atoms with Crippen LogP contribution < -0.4 is 10.1 Å². The zero-order chi connectivity index (χ0) is 12.4. The van der Waals surface area contributed by atoms with Crippen LogP contribution in [0.15, 0.2) is 39.4 Å². The van der Waals surface area contributed by atoms with Crippen molar-refractivity contribution < 1.29 is 9.15 Å². The number of hydrogen-bond acceptors (Lipinski definition) is 3. The smallest absolute Gasteiger partial charge is 0.127 e. The molecule has 3 rings (SSSR count). The van der Waals surface area contributed by atoms with Crippen molar-refractivity contribution in [2.45, 2.75) is 19.5 Å². The molecule has 0 amide bonds. The van der Waals surface area contributed by atoms with Crippen LogP contribution in [-0.2, 0) is 19.5 Å². The molecule has 94 valence electrons. The number of halogens is 1. The van der Waals surface area contributed by atoms with Crippen molar-refractivity contribution in [3.63, 3.8) is 0 Å². The Morgan fingerprint density at radius 1 is 1.28 bits per heavy atom. The summed E-state index contributed by atoms with van der Waals surface area (Å²) in [4.78, 5) is 0. The molecule has 3 nitrogen and oxygen atoms in total. The topological polar surface area (TPSA) is 34.4 Å². The second kappa shape index (κ2) is 5.16. The first-order valence-electron chi connectivity index (χ1n) is 6.00. The summed E-state index contributed by atoms with van der Waals surface area (Å²) in [5.41, 5.74) is 2.49. The Hall–Kier alpha value is -1.26. The van der Waals surface area contributed by atoms with Gasteiger partial charge in [-0.3, -0.25) is 0 Å². The number of furan rings is 1. The highest BCUT2D eigenvalue weighted by Gasteiger charge is 2.17. The molecule has 1 aromatic heterocycles. The Morgan fingerprint density at radius 2 is 2.22 bits per heavy atom. The maximum absolute atomic E-state index is 5.69. The lowest BCUT2D eigenvalue weighted by Gasteiger charge is -2.09. The maximum atomic E-state index is 5.69. The van der Waals surface area contributed by atoms with Crippen LogP contribution in [0.25, 0.3) is 0 Å². The van der Waals surface area contributed by atoms with E-state index in [0.29, 0.717) is 0 Å². The fourth-order valence-corrected chi connectivity index (χ4v) is 2.76. The molecule has 0 saturated heterocycles. The van der Waals surface area contributed by atoms with Crippen LogP contribution in [0.5, 0.6) is 5.75 Å². The van der Waals surface area contributed by atoms with Crippen LogP contribution in [0.3, 0.4) is 0 Å². The average molecular weight is 308 g/mol. The first-order valence-corrected chi connectivity index (χ1v) is 6.79. The van der Waals surface area contributed by atoms with Gasteiger partial charge in [0, 0.05) is 23.0 Å². The molecule has 1 aliphatic heterocycles. The van der Waals surface area contributed by atoms with E-state index in [2.05, 4.69) is 33.4 Å². The van der Waals surface area contributed by atoms with Gasteiger partial charge >= 0.3 is 0 Å². The van der Waals surface area contributed by atoms with Gasteiger partial charge in [-0.15, -0.1) is 0 Å². The van der Waals surface area contributed by atoms with Crippen LogP contribution >= 0.6 is 15.9 Å². The third-order valence-electron chi connectivity index (χ3n) is 3.02. The van der Waals surface area contributed by atoms with Crippen molar-refractivity contribution in [3.05, 3.63) is 51.9 Å². The summed E-state index contributed by atoms with van der Waals surface area (Å²) < 4.78 is 12.1. The molecule has 0 aliphatic carbocycles. The molecule has 0 spiro atoms. The molecule has 0 unspecified atom stereocenters. The zero-order valence-electron chi connectivity index (χ0n) is 9.91. The highest BCUT2D eigenvalue weighted by atomic mass is 79.9. The lowest BCUT2D eigenvalue weighted by molar-refractivity contribution is 0.352. The standard InChI is InChI=1S/C14H14BrNO2/c15-12-6-10-3-5-18-14(10)11(7-12)8-16-9-13-2-1-4-17-13/h1-2,4,6-7,16H,3,5,8-9H2. The van der Waals surface area contributed by atoms with Gasteiger partial charge in [-0.1, -0.05) is 15.9 Å². The molecular formula is C14H14BrNO2. The van der Waals surface area contributed by atoms with Gasteiger partial charge in [-0.25, -0.2) is 0 Å². The molecule has 4 heteroatoms. The van der Waals surface area contributed by atoms with E-state index in [0.717, 1.165) is 42.1 Å². The lowest BCUT2D eigenvalue weighted by atomic mass is 10.1. The van der Waals surface area contributed by atoms with Crippen LogP contribution in [0.4, 0.5) is 0 Å². The van der Waals surface area contributed by atoms with E-state index in [-0.39, 0.29) is 0 Å². The van der Waals surface area contributed by atoms with E-state index in [1.165, 1.54) is 11.1 Å². The first-order chi connectivity index (χ1) is 8.83. The Bertz CT molecular complexity index is 537. The third kappa shape index (κ3) is 2.44. The van der Waals surface area contributed by atoms with Crippen LogP contribution in [0, 0.1) is 0 Å². The molecule has 0 radical (unpaired) electrons. The van der Waals surface area contributed by atoms with Gasteiger partial charge in [0.15, 0.2) is 0 Å². The average Bonchev–Trinajstić information content (AvgIpc) is 2.98. The van der Waals surface area contributed by atoms with Gasteiger partial charge in [-0.05, 0) is 29.8 Å². The fraction of sp³-hybridized carbons (Fsp3) is 0.286. The maximum Gasteiger partial charge on any atom is 0.127 e. The second-order valence-corrected chi connectivity index (χ2v) is 5.25. The summed E-state index contributed by atoms with van der Waals surface area (Å²) in [5, 5.41) is 3.37. The zero-order valence-corrected chi connectivity index (χ0v) is 11.5. The highest BCUT2D eigenvalue weighted by Crippen LogP contribution is 2.32. The summed E-state index contributed by atoms with van der Waals surface area (Å²) >= 11 is 3.54. The number of rotatable bonds is 4. The molecule has 0 bridgehead atoms. The molecule has 1 aliphatic rings. The summed E-state index contributed by atoms with van der Waals surface area (Å²) in [5.74, 6) is 1.99. The summed E-state index contributed by atoms with van der Waals surface area (Å²) in [6.07, 6.45) is 2.69. The highest BCUT2D eigenvalue weighted by molar-refractivity contribution is 9.10. The molecule has 18 heavy (non-hydrogen) atoms. The molecule has 0 atom stereocenters. The summed E-state index contributed by atoms with van der Waals surface area (Å²) in [7, 11) is 0. The van der Waals surface area contributed by atoms with Gasteiger partial charge < -0.3 is 14.5 Å². The van der Waals surface area contributed by atoms with Crippen molar-refractivity contribution in [3.8, 4) is 5.75 Å². The first kappa shape index (κ1) is 11.8. The van der Waals surface area contributed by atoms with Crippen molar-refractivity contribution in [2.24, 2.45) is 0 Å². The molecule has 2 heterocycles. The van der Waals surface area contributed by atoms with Gasteiger partial charge in [0.2, 0.25) is 0 Å². The normalized spacial score (nSPS) is 13.4. The molecule has 2 aromatic rings. The quantitative estimate of drug-likeness (QED) is 0.941. The van der Waals surface area contributed by atoms with Crippen molar-refractivity contribution in [1.29, 1.82) is 0 Å². The van der Waals surface area contributed by atoms with Gasteiger partial charge in [-0.2, -0.15) is 0 Å². The largest absolute Gasteiger partial charge is 0.493 e. The minimum Gasteiger partial charge on any atom is -0.493 e. The number of ether oxygens (including phenoxy) is 1. The van der Waals surface area contributed by atoms with Gasteiger partial charge in [0.25, 0.3) is 0 Å². The number of nitrogens with one attached hydrogen (secondary N) is 1. The Kier molecular flexibility index (Phi) is 3.39. The van der Waals surface area contributed by atoms with E-state index in [1.54, 1.807) is 6.26 Å². The molecular weight excluding hydrogens is 294 g/mol. The molecule has 0 fully saturated rings. The summed E-state index contributed by atoms with van der Waals surface area (Å²) in [6, 6.07) is 8.11. The third-order valence-corrected chi connectivity index (χ3v) is 3.48. The monoisotopic (exact) mass is 307 g/mol. The van der Waals surface area contributed by atoms with E-state index >= 15 is 0 Å². The summed E-state index contributed by atoms with van der Waals surface area (Å²) in [6.45, 7) is 2.30. The number of fused-ring (bicyclic) bond motifs is 1. The van der Waals surface area contributed by atoms with E-state index in [4.69, 9.17) is 9.15 Å². The van der Waals surface area contributed by atoms with E-state index in [9.17, 15) is 0 Å². The Morgan fingerprint density at radius 3 is 3.06 bits per heavy atom. The second-order valence-electron chi connectivity index (χ2n) is 4.33. The molecule has 1 N–H and O–H groups in total. The lowest BCUT2D eigenvalue weighted by Crippen LogP contribution is -2.12. The molecule has 1 aromatic carbocycles. The predicted octanol–water partition coefficient (Wildman–Crippen LogP) is 3.27.